The molecule has 10 atom stereocenters. The maximum atomic E-state index is 13.2. The molecule has 1 fully saturated rings. The highest BCUT2D eigenvalue weighted by atomic mass is 16.7. The number of nitrogens with zero attached hydrogens (tertiary/aromatic N) is 1. The first-order chi connectivity index (χ1) is 20.8. The molecule has 2 amide bonds. The van der Waals surface area contributed by atoms with E-state index >= 15 is 0 Å². The highest BCUT2D eigenvalue weighted by Crippen LogP contribution is 2.34. The standard InChI is InChI=1S/C33H55N3O8/c1-9-28-25(19-35-33(41)34-6)16-20(2)10-12-27(38)22(4)17-24(14-15-37)31(21(3)11-13-29(39)43-28)44-32-30(40)26(36(7)8)18-23(5)42-32/h10,12,15-16,21-26,28,30-32,40H,9,11,13-14,17-19H2,1-8H3,(H2,34,35,41)/b12-10+,20-16+/t21-,22+,23?,24-,25+,26?,28+,30?,31+,32?/m0/s1. The van der Waals surface area contributed by atoms with Gasteiger partial charge in [0, 0.05) is 44.3 Å². The molecular formula is C33H55N3O8. The van der Waals surface area contributed by atoms with Crippen molar-refractivity contribution in [1.82, 2.24) is 15.5 Å². The summed E-state index contributed by atoms with van der Waals surface area (Å²) >= 11 is 0. The Balaban J connectivity index is 2.44. The molecule has 0 saturated carbocycles. The van der Waals surface area contributed by atoms with Crippen molar-refractivity contribution in [3.8, 4) is 0 Å². The van der Waals surface area contributed by atoms with Crippen molar-refractivity contribution < 1.29 is 38.5 Å². The van der Waals surface area contributed by atoms with E-state index in [4.69, 9.17) is 14.2 Å². The van der Waals surface area contributed by atoms with Crippen LogP contribution in [0.15, 0.2) is 23.8 Å². The number of ketones is 1. The summed E-state index contributed by atoms with van der Waals surface area (Å²) in [5.74, 6) is -1.73. The molecule has 0 aromatic carbocycles. The van der Waals surface area contributed by atoms with Crippen molar-refractivity contribution in [2.45, 2.75) is 110 Å². The number of allylic oxidation sites excluding steroid dienone is 3. The van der Waals surface area contributed by atoms with E-state index in [9.17, 15) is 24.3 Å². The van der Waals surface area contributed by atoms with E-state index in [2.05, 4.69) is 10.6 Å². The number of rotatable bonds is 8. The molecule has 2 heterocycles. The third-order valence-corrected chi connectivity index (χ3v) is 8.81. The SMILES string of the molecule is CC[C@H]1OC(=O)CC[C@H](C)[C@@H](OC2OC(C)CC(N(C)C)C2O)[C@@H](CC=O)C[C@@H](C)C(=O)/C=C/C(C)=C/[C@@H]1CNC(=O)NC. The largest absolute Gasteiger partial charge is 0.462 e. The van der Waals surface area contributed by atoms with Gasteiger partial charge in [-0.3, -0.25) is 9.59 Å². The summed E-state index contributed by atoms with van der Waals surface area (Å²) < 4.78 is 18.5. The van der Waals surface area contributed by atoms with Crippen LogP contribution >= 0.6 is 0 Å². The number of aliphatic hydroxyl groups excluding tert-OH is 1. The summed E-state index contributed by atoms with van der Waals surface area (Å²) in [5.41, 5.74) is 0.795. The van der Waals surface area contributed by atoms with Gasteiger partial charge >= 0.3 is 12.0 Å². The van der Waals surface area contributed by atoms with Crippen LogP contribution in [-0.4, -0.2) is 98.5 Å². The van der Waals surface area contributed by atoms with E-state index in [1.165, 1.54) is 13.1 Å². The molecule has 2 rings (SSSR count). The van der Waals surface area contributed by atoms with Gasteiger partial charge in [0.25, 0.3) is 0 Å². The summed E-state index contributed by atoms with van der Waals surface area (Å²) in [7, 11) is 5.33. The zero-order valence-electron chi connectivity index (χ0n) is 27.8. The zero-order valence-corrected chi connectivity index (χ0v) is 27.8. The monoisotopic (exact) mass is 621 g/mol. The summed E-state index contributed by atoms with van der Waals surface area (Å²) in [6.07, 6.45) is 5.18. The Hall–Kier alpha value is -2.60. The van der Waals surface area contributed by atoms with Crippen molar-refractivity contribution in [2.24, 2.45) is 23.7 Å². The van der Waals surface area contributed by atoms with Crippen LogP contribution in [0, 0.1) is 23.7 Å². The van der Waals surface area contributed by atoms with Crippen LogP contribution in [0.3, 0.4) is 0 Å². The second kappa shape index (κ2) is 18.4. The molecule has 2 aliphatic rings. The molecule has 4 unspecified atom stereocenters. The molecule has 250 valence electrons. The fourth-order valence-corrected chi connectivity index (χ4v) is 6.16. The average Bonchev–Trinajstić information content (AvgIpc) is 2.98. The molecule has 0 aliphatic carbocycles. The summed E-state index contributed by atoms with van der Waals surface area (Å²) in [5, 5.41) is 16.5. The number of hydrogen-bond donors (Lipinski definition) is 3. The average molecular weight is 622 g/mol. The fraction of sp³-hybridized carbons (Fsp3) is 0.758. The first-order valence-corrected chi connectivity index (χ1v) is 16.0. The van der Waals surface area contributed by atoms with Crippen LogP contribution in [0.25, 0.3) is 0 Å². The minimum atomic E-state index is -0.929. The molecular weight excluding hydrogens is 566 g/mol. The molecule has 2 aliphatic heterocycles. The van der Waals surface area contributed by atoms with Crippen LogP contribution in [0.2, 0.25) is 0 Å². The second-order valence-electron chi connectivity index (χ2n) is 12.7. The zero-order chi connectivity index (χ0) is 33.0. The number of urea groups is 1. The number of ether oxygens (including phenoxy) is 3. The predicted octanol–water partition coefficient (Wildman–Crippen LogP) is 3.40. The highest BCUT2D eigenvalue weighted by molar-refractivity contribution is 5.91. The number of aliphatic hydroxyl groups is 1. The lowest BCUT2D eigenvalue weighted by atomic mass is 9.80. The van der Waals surface area contributed by atoms with Gasteiger partial charge in [0.15, 0.2) is 12.1 Å². The lowest BCUT2D eigenvalue weighted by molar-refractivity contribution is -0.280. The summed E-state index contributed by atoms with van der Waals surface area (Å²) in [6, 6.07) is -0.518. The number of esters is 1. The van der Waals surface area contributed by atoms with E-state index in [0.717, 1.165) is 11.9 Å². The molecule has 44 heavy (non-hydrogen) atoms. The first-order valence-electron chi connectivity index (χ1n) is 16.0. The Labute approximate surface area is 263 Å². The molecule has 0 spiro atoms. The van der Waals surface area contributed by atoms with E-state index < -0.39 is 30.5 Å². The van der Waals surface area contributed by atoms with Crippen LogP contribution < -0.4 is 10.6 Å². The number of carbonyl (C=O) groups excluding carboxylic acids is 4. The number of hydrogen-bond acceptors (Lipinski definition) is 9. The van der Waals surface area contributed by atoms with Gasteiger partial charge in [0.05, 0.1) is 12.2 Å². The minimum absolute atomic E-state index is 0.0825. The number of amides is 2. The molecule has 3 N–H and O–H groups in total. The third-order valence-electron chi connectivity index (χ3n) is 8.81. The van der Waals surface area contributed by atoms with Crippen LogP contribution in [0.4, 0.5) is 4.79 Å². The Morgan fingerprint density at radius 3 is 2.50 bits per heavy atom. The van der Waals surface area contributed by atoms with Crippen LogP contribution in [0.5, 0.6) is 0 Å². The van der Waals surface area contributed by atoms with Crippen molar-refractivity contribution in [3.63, 3.8) is 0 Å². The topological polar surface area (TPSA) is 144 Å². The van der Waals surface area contributed by atoms with Gasteiger partial charge in [0.1, 0.15) is 18.5 Å². The smallest absolute Gasteiger partial charge is 0.314 e. The maximum Gasteiger partial charge on any atom is 0.314 e. The van der Waals surface area contributed by atoms with Crippen molar-refractivity contribution >= 4 is 24.1 Å². The van der Waals surface area contributed by atoms with Crippen molar-refractivity contribution in [3.05, 3.63) is 23.8 Å². The maximum absolute atomic E-state index is 13.2. The quantitative estimate of drug-likeness (QED) is 0.274. The van der Waals surface area contributed by atoms with Gasteiger partial charge in [-0.1, -0.05) is 38.5 Å². The van der Waals surface area contributed by atoms with Crippen LogP contribution in [-0.2, 0) is 28.6 Å². The summed E-state index contributed by atoms with van der Waals surface area (Å²) in [6.45, 7) is 9.75. The molecule has 0 bridgehead atoms. The third kappa shape index (κ3) is 11.4. The summed E-state index contributed by atoms with van der Waals surface area (Å²) in [4.78, 5) is 52.1. The lowest BCUT2D eigenvalue weighted by Gasteiger charge is -2.44. The molecule has 0 aromatic rings. The number of likely N-dealkylation sites (N-methyl/N-ethyl adjacent to an activating group) is 1. The second-order valence-corrected chi connectivity index (χ2v) is 12.7. The van der Waals surface area contributed by atoms with Crippen molar-refractivity contribution in [2.75, 3.05) is 27.7 Å². The van der Waals surface area contributed by atoms with E-state index in [-0.39, 0.29) is 67.1 Å². The van der Waals surface area contributed by atoms with E-state index in [1.54, 1.807) is 6.08 Å². The number of carbonyl (C=O) groups is 4. The van der Waals surface area contributed by atoms with Gasteiger partial charge in [-0.15, -0.1) is 0 Å². The number of aldehydes is 1. The Morgan fingerprint density at radius 2 is 1.89 bits per heavy atom. The molecule has 0 radical (unpaired) electrons. The van der Waals surface area contributed by atoms with Crippen molar-refractivity contribution in [1.29, 1.82) is 0 Å². The highest BCUT2D eigenvalue weighted by Gasteiger charge is 2.42. The fourth-order valence-electron chi connectivity index (χ4n) is 6.16. The van der Waals surface area contributed by atoms with Crippen LogP contribution in [0.1, 0.15) is 73.1 Å². The Kier molecular flexibility index (Phi) is 15.7. The van der Waals surface area contributed by atoms with Gasteiger partial charge in [-0.2, -0.15) is 0 Å². The van der Waals surface area contributed by atoms with E-state index in [1.807, 2.05) is 59.7 Å². The van der Waals surface area contributed by atoms with Gasteiger partial charge < -0.3 is 39.6 Å². The van der Waals surface area contributed by atoms with E-state index in [0.29, 0.717) is 25.7 Å². The van der Waals surface area contributed by atoms with Gasteiger partial charge in [-0.25, -0.2) is 4.79 Å². The van der Waals surface area contributed by atoms with Gasteiger partial charge in [-0.05, 0) is 71.5 Å². The molecule has 1 saturated heterocycles. The number of nitrogens with one attached hydrogen (secondary N) is 2. The molecule has 0 aromatic heterocycles. The molecule has 11 nitrogen and oxygen atoms in total. The lowest BCUT2D eigenvalue weighted by Crippen LogP contribution is -2.55. The Bertz CT molecular complexity index is 1010. The first kappa shape index (κ1) is 37.6. The molecule has 11 heteroatoms. The Morgan fingerprint density at radius 1 is 1.18 bits per heavy atom. The van der Waals surface area contributed by atoms with Gasteiger partial charge in [0.2, 0.25) is 0 Å². The normalized spacial score (nSPS) is 36.5. The number of cyclic esters (lactones) is 1. The predicted molar refractivity (Wildman–Crippen MR) is 168 cm³/mol. The minimum Gasteiger partial charge on any atom is -0.462 e.